The molecule has 2 fully saturated rings. The highest BCUT2D eigenvalue weighted by Gasteiger charge is 2.46. The molecule has 2 aliphatic rings. The van der Waals surface area contributed by atoms with Crippen molar-refractivity contribution in [1.82, 2.24) is 19.7 Å². The first-order valence-corrected chi connectivity index (χ1v) is 12.5. The maximum Gasteiger partial charge on any atom is 0.228 e. The fourth-order valence-corrected chi connectivity index (χ4v) is 5.69. The third-order valence-corrected chi connectivity index (χ3v) is 7.53. The molecule has 2 amide bonds. The molecule has 1 aliphatic carbocycles. The number of hydrogen-bond acceptors (Lipinski definition) is 4. The van der Waals surface area contributed by atoms with Crippen LogP contribution in [-0.4, -0.2) is 44.6 Å². The maximum atomic E-state index is 13.1. The van der Waals surface area contributed by atoms with Crippen molar-refractivity contribution in [3.8, 4) is 11.1 Å². The van der Waals surface area contributed by atoms with E-state index in [1.54, 1.807) is 13.1 Å². The number of anilines is 1. The van der Waals surface area contributed by atoms with Gasteiger partial charge in [-0.15, -0.1) is 0 Å². The molecule has 1 N–H and O–H groups in total. The van der Waals surface area contributed by atoms with Crippen LogP contribution in [0.3, 0.4) is 0 Å². The number of likely N-dealkylation sites (tertiary alicyclic amines) is 1. The molecule has 0 unspecified atom stereocenters. The van der Waals surface area contributed by atoms with Crippen molar-refractivity contribution >= 4 is 29.2 Å². The van der Waals surface area contributed by atoms with Gasteiger partial charge in [0.2, 0.25) is 11.8 Å². The Balaban J connectivity index is 1.49. The summed E-state index contributed by atoms with van der Waals surface area (Å²) >= 11 is 6.53. The lowest BCUT2D eigenvalue weighted by Crippen LogP contribution is -2.30. The van der Waals surface area contributed by atoms with E-state index in [9.17, 15) is 9.59 Å². The molecule has 3 heterocycles. The molecule has 2 atom stereocenters. The van der Waals surface area contributed by atoms with Crippen LogP contribution in [0.25, 0.3) is 11.1 Å². The average molecular weight is 472 g/mol. The molecule has 1 spiro atoms. The van der Waals surface area contributed by atoms with Gasteiger partial charge in [-0.25, -0.2) is 4.98 Å². The highest BCUT2D eigenvalue weighted by molar-refractivity contribution is 6.33. The standard InChI is InChI=1S/C25H34ClN5O2/c1-4-6-22-20(14-28-31(22)10-5-2)19-12-23(27-15-21(19)26)29-24(33)18-7-8-25(13-18)9-11-30(16-25)17(3)32/h12,14-15,18H,4-11,13,16H2,1-3H3,(H,27,29,33)/t18-,25+/m0/s1. The average Bonchev–Trinajstić information content (AvgIpc) is 3.51. The predicted octanol–water partition coefficient (Wildman–Crippen LogP) is 4.94. The van der Waals surface area contributed by atoms with Gasteiger partial charge in [0.25, 0.3) is 0 Å². The number of rotatable bonds is 7. The van der Waals surface area contributed by atoms with Crippen LogP contribution in [0.4, 0.5) is 5.82 Å². The summed E-state index contributed by atoms with van der Waals surface area (Å²) < 4.78 is 2.05. The van der Waals surface area contributed by atoms with Crippen molar-refractivity contribution in [2.45, 2.75) is 72.3 Å². The second kappa shape index (κ2) is 9.84. The third kappa shape index (κ3) is 4.93. The zero-order valence-electron chi connectivity index (χ0n) is 19.9. The number of amides is 2. The van der Waals surface area contributed by atoms with Crippen molar-refractivity contribution < 1.29 is 9.59 Å². The maximum absolute atomic E-state index is 13.1. The van der Waals surface area contributed by atoms with E-state index >= 15 is 0 Å². The van der Waals surface area contributed by atoms with E-state index in [4.69, 9.17) is 11.6 Å². The topological polar surface area (TPSA) is 80.1 Å². The van der Waals surface area contributed by atoms with Gasteiger partial charge in [-0.2, -0.15) is 5.10 Å². The number of aryl methyl sites for hydroxylation is 1. The van der Waals surface area contributed by atoms with Crippen molar-refractivity contribution in [3.63, 3.8) is 0 Å². The number of carbonyl (C=O) groups excluding carboxylic acids is 2. The molecule has 0 aromatic carbocycles. The van der Waals surface area contributed by atoms with Crippen LogP contribution in [0.15, 0.2) is 18.5 Å². The number of carbonyl (C=O) groups is 2. The second-order valence-corrected chi connectivity index (χ2v) is 10.1. The lowest BCUT2D eigenvalue weighted by Gasteiger charge is -2.23. The van der Waals surface area contributed by atoms with E-state index < -0.39 is 0 Å². The molecule has 1 saturated carbocycles. The van der Waals surface area contributed by atoms with Gasteiger partial charge in [-0.05, 0) is 50.0 Å². The minimum absolute atomic E-state index is 0.00406. The number of nitrogens with one attached hydrogen (secondary N) is 1. The zero-order valence-corrected chi connectivity index (χ0v) is 20.6. The number of hydrogen-bond donors (Lipinski definition) is 1. The molecule has 2 aromatic heterocycles. The third-order valence-electron chi connectivity index (χ3n) is 7.22. The van der Waals surface area contributed by atoms with Crippen LogP contribution in [0, 0.1) is 11.3 Å². The van der Waals surface area contributed by atoms with Crippen LogP contribution >= 0.6 is 11.6 Å². The summed E-state index contributed by atoms with van der Waals surface area (Å²) in [6.07, 6.45) is 10.1. The van der Waals surface area contributed by atoms with Gasteiger partial charge in [-0.1, -0.05) is 31.9 Å². The van der Waals surface area contributed by atoms with E-state index in [0.717, 1.165) is 75.7 Å². The summed E-state index contributed by atoms with van der Waals surface area (Å²) in [5.74, 6) is 0.593. The Labute approximate surface area is 200 Å². The highest BCUT2D eigenvalue weighted by Crippen LogP contribution is 2.48. The Hall–Kier alpha value is -2.41. The second-order valence-electron chi connectivity index (χ2n) is 9.65. The fraction of sp³-hybridized carbons (Fsp3) is 0.600. The highest BCUT2D eigenvalue weighted by atomic mass is 35.5. The number of nitrogens with zero attached hydrogens (tertiary/aromatic N) is 4. The minimum Gasteiger partial charge on any atom is -0.342 e. The molecular formula is C25H34ClN5O2. The van der Waals surface area contributed by atoms with Crippen LogP contribution in [-0.2, 0) is 22.6 Å². The Bertz CT molecular complexity index is 1040. The summed E-state index contributed by atoms with van der Waals surface area (Å²) in [7, 11) is 0. The predicted molar refractivity (Wildman–Crippen MR) is 130 cm³/mol. The molecule has 2 aromatic rings. The smallest absolute Gasteiger partial charge is 0.228 e. The summed E-state index contributed by atoms with van der Waals surface area (Å²) in [4.78, 5) is 31.1. The Morgan fingerprint density at radius 2 is 2.03 bits per heavy atom. The normalized spacial score (nSPS) is 22.3. The molecule has 1 saturated heterocycles. The molecule has 33 heavy (non-hydrogen) atoms. The minimum atomic E-state index is -0.0548. The molecule has 0 radical (unpaired) electrons. The van der Waals surface area contributed by atoms with E-state index in [1.807, 2.05) is 17.2 Å². The van der Waals surface area contributed by atoms with E-state index in [-0.39, 0.29) is 23.1 Å². The molecule has 8 heteroatoms. The zero-order chi connectivity index (χ0) is 23.6. The number of aromatic nitrogens is 3. The van der Waals surface area contributed by atoms with Gasteiger partial charge in [0.05, 0.1) is 11.2 Å². The summed E-state index contributed by atoms with van der Waals surface area (Å²) in [6, 6.07) is 1.87. The largest absolute Gasteiger partial charge is 0.342 e. The Morgan fingerprint density at radius 3 is 2.73 bits per heavy atom. The Morgan fingerprint density at radius 1 is 1.21 bits per heavy atom. The fourth-order valence-electron chi connectivity index (χ4n) is 5.49. The first-order chi connectivity index (χ1) is 15.9. The summed E-state index contributed by atoms with van der Waals surface area (Å²) in [5, 5.41) is 8.16. The van der Waals surface area contributed by atoms with Gasteiger partial charge >= 0.3 is 0 Å². The van der Waals surface area contributed by atoms with Gasteiger partial charge in [0, 0.05) is 55.5 Å². The molecule has 4 rings (SSSR count). The molecule has 178 valence electrons. The first-order valence-electron chi connectivity index (χ1n) is 12.1. The van der Waals surface area contributed by atoms with Crippen LogP contribution in [0.1, 0.15) is 65.0 Å². The number of halogens is 1. The van der Waals surface area contributed by atoms with E-state index in [1.165, 1.54) is 5.69 Å². The number of pyridine rings is 1. The van der Waals surface area contributed by atoms with E-state index in [2.05, 4.69) is 33.9 Å². The van der Waals surface area contributed by atoms with Crippen molar-refractivity contribution in [3.05, 3.63) is 29.2 Å². The molecule has 7 nitrogen and oxygen atoms in total. The van der Waals surface area contributed by atoms with Gasteiger partial charge < -0.3 is 10.2 Å². The van der Waals surface area contributed by atoms with Crippen LogP contribution in [0.5, 0.6) is 0 Å². The SMILES string of the molecule is CCCc1c(-c2cc(NC(=O)[C@H]3CC[C@@]4(CCN(C(C)=O)C4)C3)ncc2Cl)cnn1CCC. The van der Waals surface area contributed by atoms with Gasteiger partial charge in [0.1, 0.15) is 5.82 Å². The van der Waals surface area contributed by atoms with Crippen molar-refractivity contribution in [2.75, 3.05) is 18.4 Å². The molecular weight excluding hydrogens is 438 g/mol. The quantitative estimate of drug-likeness (QED) is 0.620. The summed E-state index contributed by atoms with van der Waals surface area (Å²) in [6.45, 7) is 8.36. The van der Waals surface area contributed by atoms with Gasteiger partial charge in [0.15, 0.2) is 0 Å². The first kappa shape index (κ1) is 23.7. The Kier molecular flexibility index (Phi) is 7.07. The molecule has 0 bridgehead atoms. The van der Waals surface area contributed by atoms with Crippen LogP contribution in [0.2, 0.25) is 5.02 Å². The summed E-state index contributed by atoms with van der Waals surface area (Å²) in [5.41, 5.74) is 3.11. The molecule has 1 aliphatic heterocycles. The van der Waals surface area contributed by atoms with E-state index in [0.29, 0.717) is 10.8 Å². The van der Waals surface area contributed by atoms with Gasteiger partial charge in [-0.3, -0.25) is 14.3 Å². The lowest BCUT2D eigenvalue weighted by molar-refractivity contribution is -0.128. The van der Waals surface area contributed by atoms with Crippen molar-refractivity contribution in [2.24, 2.45) is 11.3 Å². The van der Waals surface area contributed by atoms with Crippen LogP contribution < -0.4 is 5.32 Å². The monoisotopic (exact) mass is 471 g/mol. The lowest BCUT2D eigenvalue weighted by atomic mass is 9.84. The van der Waals surface area contributed by atoms with Crippen molar-refractivity contribution in [1.29, 1.82) is 0 Å².